The Hall–Kier alpha value is -1.82. The van der Waals surface area contributed by atoms with Crippen molar-refractivity contribution in [2.24, 2.45) is 0 Å². The first-order chi connectivity index (χ1) is 9.22. The van der Waals surface area contributed by atoms with Crippen LogP contribution < -0.4 is 5.32 Å². The van der Waals surface area contributed by atoms with Crippen LogP contribution in [0.1, 0.15) is 23.8 Å². The molecule has 2 aromatic heterocycles. The van der Waals surface area contributed by atoms with Gasteiger partial charge in [-0.3, -0.25) is 14.2 Å². The van der Waals surface area contributed by atoms with Crippen LogP contribution in [-0.4, -0.2) is 32.0 Å². The normalized spacial score (nSPS) is 10.6. The highest BCUT2D eigenvalue weighted by molar-refractivity contribution is 6.33. The fourth-order valence-corrected chi connectivity index (χ4v) is 2.01. The van der Waals surface area contributed by atoms with Gasteiger partial charge < -0.3 is 5.32 Å². The molecule has 0 atom stereocenters. The maximum absolute atomic E-state index is 12.0. The summed E-state index contributed by atoms with van der Waals surface area (Å²) >= 11 is 5.95. The summed E-state index contributed by atoms with van der Waals surface area (Å²) < 4.78 is 3.42. The van der Waals surface area contributed by atoms with E-state index in [1.165, 1.54) is 6.20 Å². The average molecular weight is 282 g/mol. The van der Waals surface area contributed by atoms with E-state index in [-0.39, 0.29) is 5.91 Å². The zero-order valence-electron chi connectivity index (χ0n) is 10.7. The molecule has 0 saturated heterocycles. The second-order valence-corrected chi connectivity index (χ2v) is 4.44. The molecule has 0 saturated carbocycles. The number of aromatic nitrogens is 4. The monoisotopic (exact) mass is 281 g/mol. The molecule has 0 unspecified atom stereocenters. The molecule has 0 aromatic carbocycles. The van der Waals surface area contributed by atoms with Crippen molar-refractivity contribution in [2.45, 2.75) is 26.4 Å². The summed E-state index contributed by atoms with van der Waals surface area (Å²) in [5.41, 5.74) is 0.420. The highest BCUT2D eigenvalue weighted by atomic mass is 35.5. The first kappa shape index (κ1) is 13.6. The molecular weight excluding hydrogens is 266 g/mol. The van der Waals surface area contributed by atoms with Gasteiger partial charge in [0.1, 0.15) is 5.69 Å². The van der Waals surface area contributed by atoms with E-state index in [0.29, 0.717) is 23.8 Å². The van der Waals surface area contributed by atoms with Crippen LogP contribution in [0.5, 0.6) is 0 Å². The lowest BCUT2D eigenvalue weighted by Gasteiger charge is -2.07. The molecule has 0 radical (unpaired) electrons. The second kappa shape index (κ2) is 6.38. The first-order valence-corrected chi connectivity index (χ1v) is 6.57. The van der Waals surface area contributed by atoms with E-state index in [1.807, 2.05) is 23.9 Å². The molecule has 0 spiro atoms. The van der Waals surface area contributed by atoms with Crippen molar-refractivity contribution in [3.05, 3.63) is 35.4 Å². The molecule has 7 heteroatoms. The van der Waals surface area contributed by atoms with Crippen LogP contribution in [-0.2, 0) is 13.1 Å². The maximum Gasteiger partial charge on any atom is 0.271 e. The van der Waals surface area contributed by atoms with Gasteiger partial charge in [0.25, 0.3) is 5.91 Å². The van der Waals surface area contributed by atoms with Crippen molar-refractivity contribution in [3.63, 3.8) is 0 Å². The van der Waals surface area contributed by atoms with Gasteiger partial charge in [-0.2, -0.15) is 10.2 Å². The van der Waals surface area contributed by atoms with Gasteiger partial charge in [0, 0.05) is 32.0 Å². The van der Waals surface area contributed by atoms with E-state index in [4.69, 9.17) is 11.6 Å². The average Bonchev–Trinajstić information content (AvgIpc) is 3.03. The number of carbonyl (C=O) groups is 1. The zero-order valence-corrected chi connectivity index (χ0v) is 11.5. The van der Waals surface area contributed by atoms with Crippen LogP contribution in [0.2, 0.25) is 5.02 Å². The molecule has 1 amide bonds. The van der Waals surface area contributed by atoms with Crippen molar-refractivity contribution in [1.29, 1.82) is 0 Å². The van der Waals surface area contributed by atoms with Crippen molar-refractivity contribution >= 4 is 17.5 Å². The lowest BCUT2D eigenvalue weighted by molar-refractivity contribution is 0.0942. The lowest BCUT2D eigenvalue weighted by Crippen LogP contribution is -2.28. The minimum atomic E-state index is -0.190. The van der Waals surface area contributed by atoms with Gasteiger partial charge in [-0.05, 0) is 19.4 Å². The van der Waals surface area contributed by atoms with E-state index in [9.17, 15) is 4.79 Å². The number of hydrogen-bond acceptors (Lipinski definition) is 3. The van der Waals surface area contributed by atoms with Crippen LogP contribution in [0.4, 0.5) is 0 Å². The van der Waals surface area contributed by atoms with Crippen LogP contribution in [0, 0.1) is 0 Å². The van der Waals surface area contributed by atoms with E-state index >= 15 is 0 Å². The quantitative estimate of drug-likeness (QED) is 0.818. The van der Waals surface area contributed by atoms with Gasteiger partial charge in [0.15, 0.2) is 0 Å². The summed E-state index contributed by atoms with van der Waals surface area (Å²) in [6.07, 6.45) is 5.93. The molecular formula is C12H16ClN5O. The summed E-state index contributed by atoms with van der Waals surface area (Å²) in [4.78, 5) is 12.0. The number of nitrogens with one attached hydrogen (secondary N) is 1. The molecule has 2 heterocycles. The molecule has 0 aliphatic carbocycles. The van der Waals surface area contributed by atoms with Crippen LogP contribution in [0.3, 0.4) is 0 Å². The topological polar surface area (TPSA) is 64.7 Å². The maximum atomic E-state index is 12.0. The van der Waals surface area contributed by atoms with Crippen LogP contribution in [0.15, 0.2) is 24.7 Å². The minimum Gasteiger partial charge on any atom is -0.351 e. The van der Waals surface area contributed by atoms with E-state index in [2.05, 4.69) is 15.5 Å². The summed E-state index contributed by atoms with van der Waals surface area (Å²) in [5.74, 6) is -0.190. The molecule has 0 aliphatic heterocycles. The lowest BCUT2D eigenvalue weighted by atomic mass is 10.3. The Morgan fingerprint density at radius 3 is 3.00 bits per heavy atom. The largest absolute Gasteiger partial charge is 0.351 e. The summed E-state index contributed by atoms with van der Waals surface area (Å²) in [6.45, 7) is 3.87. The molecule has 102 valence electrons. The molecule has 2 rings (SSSR count). The van der Waals surface area contributed by atoms with E-state index in [1.54, 1.807) is 10.9 Å². The highest BCUT2D eigenvalue weighted by Gasteiger charge is 2.15. The third kappa shape index (κ3) is 3.35. The van der Waals surface area contributed by atoms with Gasteiger partial charge in [-0.1, -0.05) is 11.6 Å². The SMILES string of the molecule is CCn1ncc(Cl)c1C(=O)NCCCn1cccn1. The van der Waals surface area contributed by atoms with Gasteiger partial charge >= 0.3 is 0 Å². The smallest absolute Gasteiger partial charge is 0.271 e. The standard InChI is InChI=1S/C12H16ClN5O/c1-2-18-11(10(13)9-16-18)12(19)14-5-3-7-17-8-4-6-15-17/h4,6,8-9H,2-3,5,7H2,1H3,(H,14,19). The molecule has 1 N–H and O–H groups in total. The number of nitrogens with zero attached hydrogens (tertiary/aromatic N) is 4. The predicted octanol–water partition coefficient (Wildman–Crippen LogP) is 1.57. The fraction of sp³-hybridized carbons (Fsp3) is 0.417. The van der Waals surface area contributed by atoms with Crippen molar-refractivity contribution < 1.29 is 4.79 Å². The molecule has 6 nitrogen and oxygen atoms in total. The van der Waals surface area contributed by atoms with E-state index in [0.717, 1.165) is 13.0 Å². The third-order valence-electron chi connectivity index (χ3n) is 2.72. The minimum absolute atomic E-state index is 0.190. The van der Waals surface area contributed by atoms with E-state index < -0.39 is 0 Å². The number of aryl methyl sites for hydroxylation is 2. The van der Waals surface area contributed by atoms with Crippen molar-refractivity contribution in [2.75, 3.05) is 6.54 Å². The second-order valence-electron chi connectivity index (χ2n) is 4.04. The number of rotatable bonds is 6. The Morgan fingerprint density at radius 2 is 2.32 bits per heavy atom. The summed E-state index contributed by atoms with van der Waals surface area (Å²) in [6, 6.07) is 1.87. The Kier molecular flexibility index (Phi) is 4.57. The zero-order chi connectivity index (χ0) is 13.7. The Balaban J connectivity index is 1.82. The number of halogens is 1. The summed E-state index contributed by atoms with van der Waals surface area (Å²) in [7, 11) is 0. The predicted molar refractivity (Wildman–Crippen MR) is 72.1 cm³/mol. The van der Waals surface area contributed by atoms with Crippen LogP contribution in [0.25, 0.3) is 0 Å². The third-order valence-corrected chi connectivity index (χ3v) is 2.99. The first-order valence-electron chi connectivity index (χ1n) is 6.19. The van der Waals surface area contributed by atoms with Gasteiger partial charge in [0.2, 0.25) is 0 Å². The van der Waals surface area contributed by atoms with Crippen LogP contribution >= 0.6 is 11.6 Å². The molecule has 19 heavy (non-hydrogen) atoms. The Labute approximate surface area is 116 Å². The molecule has 0 fully saturated rings. The number of carbonyl (C=O) groups excluding carboxylic acids is 1. The number of amides is 1. The Morgan fingerprint density at radius 1 is 1.47 bits per heavy atom. The Bertz CT molecular complexity index is 534. The van der Waals surface area contributed by atoms with Crippen molar-refractivity contribution in [3.8, 4) is 0 Å². The summed E-state index contributed by atoms with van der Waals surface area (Å²) in [5, 5.41) is 11.3. The molecule has 2 aromatic rings. The number of hydrogen-bond donors (Lipinski definition) is 1. The fourth-order valence-electron chi connectivity index (χ4n) is 1.79. The highest BCUT2D eigenvalue weighted by Crippen LogP contribution is 2.14. The molecule has 0 bridgehead atoms. The van der Waals surface area contributed by atoms with Gasteiger partial charge in [-0.25, -0.2) is 0 Å². The van der Waals surface area contributed by atoms with Gasteiger partial charge in [0.05, 0.1) is 11.2 Å². The van der Waals surface area contributed by atoms with Gasteiger partial charge in [-0.15, -0.1) is 0 Å². The molecule has 0 aliphatic rings. The van der Waals surface area contributed by atoms with Crippen molar-refractivity contribution in [1.82, 2.24) is 24.9 Å².